The molecular weight excluding hydrogens is 285 g/mol. The topological polar surface area (TPSA) is 69.4 Å². The van der Waals surface area contributed by atoms with Gasteiger partial charge in [-0.25, -0.2) is 4.39 Å². The molecule has 0 N–H and O–H groups in total. The molecule has 20 heavy (non-hydrogen) atoms. The number of hydrogen-bond acceptors (Lipinski definition) is 5. The molecule has 104 valence electrons. The number of rotatable bonds is 5. The van der Waals surface area contributed by atoms with Crippen LogP contribution < -0.4 is 4.74 Å². The van der Waals surface area contributed by atoms with Crippen LogP contribution in [-0.2, 0) is 0 Å². The largest absolute Gasteiger partial charge is 0.482 e. The van der Waals surface area contributed by atoms with E-state index in [4.69, 9.17) is 4.74 Å². The Morgan fingerprint density at radius 2 is 2.25 bits per heavy atom. The van der Waals surface area contributed by atoms with E-state index in [1.54, 1.807) is 17.5 Å². The Balaban J connectivity index is 2.12. The van der Waals surface area contributed by atoms with Crippen LogP contribution in [0.15, 0.2) is 29.6 Å². The fraction of sp³-hybridized carbons (Fsp3) is 0.154. The Bertz CT molecular complexity index is 655. The average molecular weight is 295 g/mol. The van der Waals surface area contributed by atoms with Crippen LogP contribution >= 0.6 is 11.3 Å². The highest BCUT2D eigenvalue weighted by Crippen LogP contribution is 2.27. The SMILES string of the molecule is Cc1cc(OCC(=O)c2cccs2)c(F)cc1[N+](=O)[O-]. The normalized spacial score (nSPS) is 10.3. The van der Waals surface area contributed by atoms with E-state index in [9.17, 15) is 19.3 Å². The molecule has 0 aliphatic heterocycles. The maximum atomic E-state index is 13.6. The van der Waals surface area contributed by atoms with Crippen molar-refractivity contribution in [1.29, 1.82) is 0 Å². The molecule has 0 unspecified atom stereocenters. The third-order valence-electron chi connectivity index (χ3n) is 2.60. The summed E-state index contributed by atoms with van der Waals surface area (Å²) < 4.78 is 18.7. The molecule has 5 nitrogen and oxygen atoms in total. The lowest BCUT2D eigenvalue weighted by atomic mass is 10.2. The van der Waals surface area contributed by atoms with Crippen LogP contribution in [0.25, 0.3) is 0 Å². The lowest BCUT2D eigenvalue weighted by Gasteiger charge is -2.07. The van der Waals surface area contributed by atoms with Gasteiger partial charge in [-0.3, -0.25) is 14.9 Å². The number of halogens is 1. The number of benzene rings is 1. The highest BCUT2D eigenvalue weighted by Gasteiger charge is 2.17. The molecule has 0 aliphatic carbocycles. The van der Waals surface area contributed by atoms with E-state index >= 15 is 0 Å². The molecular formula is C13H10FNO4S. The number of ketones is 1. The zero-order valence-corrected chi connectivity index (χ0v) is 11.3. The summed E-state index contributed by atoms with van der Waals surface area (Å²) in [6, 6.07) is 5.39. The number of hydrogen-bond donors (Lipinski definition) is 0. The summed E-state index contributed by atoms with van der Waals surface area (Å²) in [5.41, 5.74) is -0.0468. The van der Waals surface area contributed by atoms with E-state index in [0.29, 0.717) is 4.88 Å². The highest BCUT2D eigenvalue weighted by molar-refractivity contribution is 7.12. The first-order valence-corrected chi connectivity index (χ1v) is 6.51. The van der Waals surface area contributed by atoms with Crippen molar-refractivity contribution in [3.8, 4) is 5.75 Å². The van der Waals surface area contributed by atoms with Gasteiger partial charge < -0.3 is 4.74 Å². The molecule has 0 aliphatic rings. The summed E-state index contributed by atoms with van der Waals surface area (Å²) >= 11 is 1.27. The minimum atomic E-state index is -0.860. The van der Waals surface area contributed by atoms with Gasteiger partial charge in [0.05, 0.1) is 15.9 Å². The van der Waals surface area contributed by atoms with Gasteiger partial charge in [0.25, 0.3) is 5.69 Å². The van der Waals surface area contributed by atoms with E-state index in [1.807, 2.05) is 0 Å². The maximum absolute atomic E-state index is 13.6. The molecule has 2 aromatic rings. The number of nitro benzene ring substituents is 1. The summed E-state index contributed by atoms with van der Waals surface area (Å²) in [6.45, 7) is 1.17. The summed E-state index contributed by atoms with van der Waals surface area (Å²) in [5, 5.41) is 12.4. The van der Waals surface area contributed by atoms with Crippen molar-refractivity contribution in [2.24, 2.45) is 0 Å². The van der Waals surface area contributed by atoms with Gasteiger partial charge in [0.15, 0.2) is 18.2 Å². The summed E-state index contributed by atoms with van der Waals surface area (Å²) in [5.74, 6) is -1.30. The van der Waals surface area contributed by atoms with Crippen molar-refractivity contribution < 1.29 is 18.8 Å². The van der Waals surface area contributed by atoms with Crippen LogP contribution in [0.1, 0.15) is 15.2 Å². The zero-order chi connectivity index (χ0) is 14.7. The van der Waals surface area contributed by atoms with Gasteiger partial charge in [-0.05, 0) is 24.4 Å². The number of ether oxygens (including phenoxy) is 1. The number of nitro groups is 1. The zero-order valence-electron chi connectivity index (χ0n) is 10.5. The van der Waals surface area contributed by atoms with E-state index in [1.165, 1.54) is 24.3 Å². The molecule has 0 atom stereocenters. The second kappa shape index (κ2) is 5.79. The Hall–Kier alpha value is -2.28. The third kappa shape index (κ3) is 3.00. The fourth-order valence-corrected chi connectivity index (χ4v) is 2.25. The Labute approximate surface area is 117 Å². The van der Waals surface area contributed by atoms with Crippen LogP contribution in [-0.4, -0.2) is 17.3 Å². The standard InChI is InChI=1S/C13H10FNO4S/c1-8-5-12(9(14)6-10(8)15(17)18)19-7-11(16)13-3-2-4-20-13/h2-6H,7H2,1H3. The molecule has 2 rings (SSSR count). The molecule has 1 aromatic carbocycles. The molecule has 0 fully saturated rings. The highest BCUT2D eigenvalue weighted by atomic mass is 32.1. The summed E-state index contributed by atoms with van der Waals surface area (Å²) in [6.07, 6.45) is 0. The van der Waals surface area contributed by atoms with Crippen molar-refractivity contribution in [2.45, 2.75) is 6.92 Å². The van der Waals surface area contributed by atoms with Gasteiger partial charge in [0.1, 0.15) is 0 Å². The Morgan fingerprint density at radius 1 is 1.50 bits per heavy atom. The van der Waals surface area contributed by atoms with Crippen LogP contribution in [0.3, 0.4) is 0 Å². The van der Waals surface area contributed by atoms with Crippen LogP contribution in [0.2, 0.25) is 0 Å². The van der Waals surface area contributed by atoms with Crippen LogP contribution in [0, 0.1) is 22.9 Å². The van der Waals surface area contributed by atoms with Crippen molar-refractivity contribution in [1.82, 2.24) is 0 Å². The van der Waals surface area contributed by atoms with Crippen LogP contribution in [0.5, 0.6) is 5.75 Å². The van der Waals surface area contributed by atoms with Gasteiger partial charge in [-0.2, -0.15) is 0 Å². The molecule has 0 spiro atoms. The van der Waals surface area contributed by atoms with E-state index in [0.717, 1.165) is 6.07 Å². The Morgan fingerprint density at radius 3 is 2.85 bits per heavy atom. The maximum Gasteiger partial charge on any atom is 0.275 e. The molecule has 1 aromatic heterocycles. The van der Waals surface area contributed by atoms with E-state index < -0.39 is 10.7 Å². The number of nitrogens with zero attached hydrogens (tertiary/aromatic N) is 1. The monoisotopic (exact) mass is 295 g/mol. The second-order valence-corrected chi connectivity index (χ2v) is 4.96. The molecule has 7 heteroatoms. The second-order valence-electron chi connectivity index (χ2n) is 4.02. The first-order valence-electron chi connectivity index (χ1n) is 5.63. The van der Waals surface area contributed by atoms with E-state index in [2.05, 4.69) is 0 Å². The van der Waals surface area contributed by atoms with Gasteiger partial charge in [-0.15, -0.1) is 11.3 Å². The average Bonchev–Trinajstić information content (AvgIpc) is 2.92. The first-order chi connectivity index (χ1) is 9.49. The third-order valence-corrected chi connectivity index (χ3v) is 3.51. The van der Waals surface area contributed by atoms with Crippen molar-refractivity contribution in [3.63, 3.8) is 0 Å². The number of carbonyl (C=O) groups excluding carboxylic acids is 1. The van der Waals surface area contributed by atoms with Crippen molar-refractivity contribution >= 4 is 22.8 Å². The van der Waals surface area contributed by atoms with Gasteiger partial charge >= 0.3 is 0 Å². The quantitative estimate of drug-likeness (QED) is 0.482. The van der Waals surface area contributed by atoms with Crippen molar-refractivity contribution in [2.75, 3.05) is 6.61 Å². The van der Waals surface area contributed by atoms with Gasteiger partial charge in [0, 0.05) is 5.56 Å². The Kier molecular flexibility index (Phi) is 4.09. The smallest absolute Gasteiger partial charge is 0.275 e. The summed E-state index contributed by atoms with van der Waals surface area (Å²) in [4.78, 5) is 22.2. The molecule has 0 radical (unpaired) electrons. The van der Waals surface area contributed by atoms with Crippen molar-refractivity contribution in [3.05, 3.63) is 56.0 Å². The summed E-state index contributed by atoms with van der Waals surface area (Å²) in [7, 11) is 0. The molecule has 0 saturated carbocycles. The lowest BCUT2D eigenvalue weighted by Crippen LogP contribution is -2.11. The van der Waals surface area contributed by atoms with E-state index in [-0.39, 0.29) is 29.4 Å². The number of aryl methyl sites for hydroxylation is 1. The molecule has 1 heterocycles. The van der Waals surface area contributed by atoms with Crippen LogP contribution in [0.4, 0.5) is 10.1 Å². The minimum Gasteiger partial charge on any atom is -0.482 e. The minimum absolute atomic E-state index is 0.169. The molecule has 0 amide bonds. The number of thiophene rings is 1. The number of Topliss-reactive ketones (excluding diaryl/α,β-unsaturated/α-hetero) is 1. The first kappa shape index (κ1) is 14.1. The molecule has 0 bridgehead atoms. The predicted molar refractivity (Wildman–Crippen MR) is 71.9 cm³/mol. The van der Waals surface area contributed by atoms with Gasteiger partial charge in [0.2, 0.25) is 5.78 Å². The number of carbonyl (C=O) groups is 1. The lowest BCUT2D eigenvalue weighted by molar-refractivity contribution is -0.385. The molecule has 0 saturated heterocycles. The fourth-order valence-electron chi connectivity index (χ4n) is 1.60. The van der Waals surface area contributed by atoms with Gasteiger partial charge in [-0.1, -0.05) is 6.07 Å². The predicted octanol–water partition coefficient (Wildman–Crippen LogP) is 3.37.